The summed E-state index contributed by atoms with van der Waals surface area (Å²) in [6, 6.07) is 5.07. The molecule has 0 bridgehead atoms. The molecule has 1 aliphatic heterocycles. The van der Waals surface area contributed by atoms with Gasteiger partial charge in [0, 0.05) is 29.3 Å². The highest BCUT2D eigenvalue weighted by Crippen LogP contribution is 2.30. The molecule has 1 atom stereocenters. The number of H-pyrrole nitrogens is 1. The number of nitrogens with one attached hydrogen (secondary N) is 3. The molecule has 1 saturated heterocycles. The van der Waals surface area contributed by atoms with Crippen molar-refractivity contribution in [1.29, 1.82) is 0 Å². The summed E-state index contributed by atoms with van der Waals surface area (Å²) in [7, 11) is 2.04. The minimum atomic E-state index is -4.55. The van der Waals surface area contributed by atoms with Gasteiger partial charge in [0.25, 0.3) is 5.91 Å². The number of hydrogen-bond acceptors (Lipinski definition) is 5. The van der Waals surface area contributed by atoms with Gasteiger partial charge in [0.05, 0.1) is 17.3 Å². The summed E-state index contributed by atoms with van der Waals surface area (Å²) in [4.78, 5) is 35.0. The van der Waals surface area contributed by atoms with Crippen molar-refractivity contribution in [2.75, 3.05) is 25.5 Å². The molecule has 0 aromatic carbocycles. The van der Waals surface area contributed by atoms with Crippen molar-refractivity contribution in [1.82, 2.24) is 29.8 Å². The van der Waals surface area contributed by atoms with Gasteiger partial charge in [0.15, 0.2) is 0 Å². The van der Waals surface area contributed by atoms with Crippen molar-refractivity contribution in [3.8, 4) is 11.1 Å². The minimum absolute atomic E-state index is 0.0369. The van der Waals surface area contributed by atoms with Crippen LogP contribution >= 0.6 is 0 Å². The van der Waals surface area contributed by atoms with Crippen LogP contribution in [0.5, 0.6) is 0 Å². The summed E-state index contributed by atoms with van der Waals surface area (Å²) in [6.45, 7) is 2.66. The molecule has 12 heteroatoms. The first-order valence-electron chi connectivity index (χ1n) is 11.9. The van der Waals surface area contributed by atoms with Crippen LogP contribution in [0.1, 0.15) is 30.1 Å². The Balaban J connectivity index is 1.38. The number of aromatic nitrogens is 4. The zero-order valence-electron chi connectivity index (χ0n) is 20.3. The molecule has 2 amide bonds. The number of aromatic amines is 1. The van der Waals surface area contributed by atoms with Gasteiger partial charge in [-0.3, -0.25) is 9.59 Å². The number of hydrogen-bond donors (Lipinski definition) is 3. The second-order valence-electron chi connectivity index (χ2n) is 9.40. The normalized spacial score (nSPS) is 16.2. The van der Waals surface area contributed by atoms with Crippen molar-refractivity contribution in [2.45, 2.75) is 32.0 Å². The van der Waals surface area contributed by atoms with E-state index in [1.165, 1.54) is 10.7 Å². The Hall–Kier alpha value is -3.93. The standard InChI is InChI=1S/C25H26F3N7O2/c1-14(25(26,27)28)31-24(37)19-13-30-35-10-7-16(11-20(19)35)18-12-29-22-17(18)3-4-21(32-22)33-23(36)15-5-8-34(2)9-6-15/h3-4,7,10-15H,5-6,8-9H2,1-2H3,(H,31,37)(H2,29,32,33,36)/t14-/m1/s1. The van der Waals surface area contributed by atoms with Gasteiger partial charge < -0.3 is 20.5 Å². The fraction of sp³-hybridized carbons (Fsp3) is 0.360. The van der Waals surface area contributed by atoms with Gasteiger partial charge in [-0.1, -0.05) is 0 Å². The number of piperidine rings is 1. The monoisotopic (exact) mass is 513 g/mol. The smallest absolute Gasteiger partial charge is 0.345 e. The number of alkyl halides is 3. The lowest BCUT2D eigenvalue weighted by Crippen LogP contribution is -2.43. The van der Waals surface area contributed by atoms with Crippen LogP contribution in [0, 0.1) is 5.92 Å². The SMILES string of the molecule is C[C@@H](NC(=O)c1cnn2ccc(-c3c[nH]c4nc(NC(=O)C5CCN(C)CC5)ccc34)cc12)C(F)(F)F. The number of halogens is 3. The van der Waals surface area contributed by atoms with Crippen LogP contribution in [0.25, 0.3) is 27.7 Å². The van der Waals surface area contributed by atoms with Crippen molar-refractivity contribution < 1.29 is 22.8 Å². The van der Waals surface area contributed by atoms with E-state index in [0.29, 0.717) is 17.0 Å². The highest BCUT2D eigenvalue weighted by Gasteiger charge is 2.37. The average Bonchev–Trinajstić information content (AvgIpc) is 3.47. The quantitative estimate of drug-likeness (QED) is 0.376. The van der Waals surface area contributed by atoms with E-state index >= 15 is 0 Å². The summed E-state index contributed by atoms with van der Waals surface area (Å²) in [6.07, 6.45) is 1.71. The largest absolute Gasteiger partial charge is 0.408 e. The van der Waals surface area contributed by atoms with E-state index < -0.39 is 18.1 Å². The number of carbonyl (C=O) groups excluding carboxylic acids is 2. The second kappa shape index (κ2) is 9.51. The van der Waals surface area contributed by atoms with Crippen LogP contribution in [0.3, 0.4) is 0 Å². The first-order valence-corrected chi connectivity index (χ1v) is 11.9. The summed E-state index contributed by atoms with van der Waals surface area (Å²) >= 11 is 0. The molecule has 194 valence electrons. The molecular weight excluding hydrogens is 487 g/mol. The van der Waals surface area contributed by atoms with Gasteiger partial charge in [0.1, 0.15) is 17.5 Å². The van der Waals surface area contributed by atoms with Gasteiger partial charge in [-0.15, -0.1) is 0 Å². The van der Waals surface area contributed by atoms with E-state index in [2.05, 4.69) is 25.3 Å². The Morgan fingerprint density at radius 2 is 1.95 bits per heavy atom. The van der Waals surface area contributed by atoms with Crippen molar-refractivity contribution >= 4 is 34.2 Å². The molecule has 5 rings (SSSR count). The second-order valence-corrected chi connectivity index (χ2v) is 9.40. The van der Waals surface area contributed by atoms with Gasteiger partial charge >= 0.3 is 6.18 Å². The number of likely N-dealkylation sites (tertiary alicyclic amines) is 1. The maximum atomic E-state index is 12.9. The Kier molecular flexibility index (Phi) is 6.36. The average molecular weight is 514 g/mol. The number of nitrogens with zero attached hydrogens (tertiary/aromatic N) is 4. The van der Waals surface area contributed by atoms with Crippen molar-refractivity contribution in [3.63, 3.8) is 0 Å². The van der Waals surface area contributed by atoms with E-state index in [-0.39, 0.29) is 17.4 Å². The number of fused-ring (bicyclic) bond motifs is 2. The molecule has 1 aliphatic rings. The first kappa shape index (κ1) is 24.8. The lowest BCUT2D eigenvalue weighted by molar-refractivity contribution is -0.149. The molecule has 5 heterocycles. The number of amides is 2. The topological polar surface area (TPSA) is 107 Å². The Bertz CT molecular complexity index is 1470. The molecular formula is C25H26F3N7O2. The lowest BCUT2D eigenvalue weighted by Gasteiger charge is -2.27. The van der Waals surface area contributed by atoms with Crippen LogP contribution in [0.2, 0.25) is 0 Å². The molecule has 4 aromatic heterocycles. The molecule has 0 aliphatic carbocycles. The van der Waals surface area contributed by atoms with E-state index in [1.54, 1.807) is 30.6 Å². The Morgan fingerprint density at radius 1 is 1.19 bits per heavy atom. The number of anilines is 1. The molecule has 1 fully saturated rings. The van der Waals surface area contributed by atoms with Gasteiger partial charge in [-0.2, -0.15) is 18.3 Å². The van der Waals surface area contributed by atoms with Crippen LogP contribution in [0.4, 0.5) is 19.0 Å². The van der Waals surface area contributed by atoms with Gasteiger partial charge in [-0.05, 0) is 69.7 Å². The molecule has 4 aromatic rings. The van der Waals surface area contributed by atoms with E-state index in [9.17, 15) is 22.8 Å². The third kappa shape index (κ3) is 5.01. The maximum Gasteiger partial charge on any atom is 0.408 e. The first-order chi connectivity index (χ1) is 17.6. The Morgan fingerprint density at radius 3 is 2.68 bits per heavy atom. The van der Waals surface area contributed by atoms with Crippen LogP contribution in [-0.4, -0.2) is 68.7 Å². The van der Waals surface area contributed by atoms with E-state index in [4.69, 9.17) is 0 Å². The van der Waals surface area contributed by atoms with Gasteiger partial charge in [0.2, 0.25) is 5.91 Å². The summed E-state index contributed by atoms with van der Waals surface area (Å²) in [5.41, 5.74) is 2.49. The lowest BCUT2D eigenvalue weighted by atomic mass is 9.96. The fourth-order valence-corrected chi connectivity index (χ4v) is 4.49. The van der Waals surface area contributed by atoms with Crippen LogP contribution in [0.15, 0.2) is 42.9 Å². The number of pyridine rings is 2. The van der Waals surface area contributed by atoms with Crippen LogP contribution in [-0.2, 0) is 4.79 Å². The third-order valence-corrected chi connectivity index (χ3v) is 6.80. The van der Waals surface area contributed by atoms with E-state index in [1.807, 2.05) is 18.4 Å². The zero-order valence-corrected chi connectivity index (χ0v) is 20.3. The minimum Gasteiger partial charge on any atom is -0.345 e. The van der Waals surface area contributed by atoms with Gasteiger partial charge in [-0.25, -0.2) is 9.50 Å². The third-order valence-electron chi connectivity index (χ3n) is 6.80. The summed E-state index contributed by atoms with van der Waals surface area (Å²) < 4.78 is 40.1. The number of carbonyl (C=O) groups is 2. The van der Waals surface area contributed by atoms with Crippen LogP contribution < -0.4 is 10.6 Å². The summed E-state index contributed by atoms with van der Waals surface area (Å²) in [5.74, 6) is -0.485. The summed E-state index contributed by atoms with van der Waals surface area (Å²) in [5, 5.41) is 9.76. The molecule has 0 saturated carbocycles. The van der Waals surface area contributed by atoms with E-state index in [0.717, 1.165) is 49.4 Å². The molecule has 37 heavy (non-hydrogen) atoms. The molecule has 0 radical (unpaired) electrons. The number of rotatable bonds is 5. The zero-order chi connectivity index (χ0) is 26.3. The Labute approximate surface area is 210 Å². The predicted molar refractivity (Wildman–Crippen MR) is 132 cm³/mol. The molecule has 3 N–H and O–H groups in total. The maximum absolute atomic E-state index is 12.9. The highest BCUT2D eigenvalue weighted by atomic mass is 19.4. The van der Waals surface area contributed by atoms with Crippen molar-refractivity contribution in [2.24, 2.45) is 5.92 Å². The fourth-order valence-electron chi connectivity index (χ4n) is 4.49. The highest BCUT2D eigenvalue weighted by molar-refractivity contribution is 6.02. The molecule has 9 nitrogen and oxygen atoms in total. The molecule has 0 spiro atoms. The van der Waals surface area contributed by atoms with Crippen molar-refractivity contribution in [3.05, 3.63) is 48.4 Å². The predicted octanol–water partition coefficient (Wildman–Crippen LogP) is 3.84. The molecule has 0 unspecified atom stereocenters.